The molecule has 0 aromatic heterocycles. The number of amides is 2. The number of Topliss-reactive ketones (excluding diaryl/α,β-unsaturated/α-hetero) is 1. The molecule has 0 spiro atoms. The van der Waals surface area contributed by atoms with E-state index in [-0.39, 0.29) is 30.4 Å². The van der Waals surface area contributed by atoms with E-state index in [1.807, 2.05) is 56.3 Å². The Morgan fingerprint density at radius 2 is 1.50 bits per heavy atom. The molecule has 0 bridgehead atoms. The minimum absolute atomic E-state index is 0.00260. The third-order valence-corrected chi connectivity index (χ3v) is 6.09. The fraction of sp³-hybridized carbons (Fsp3) is 0.423. The van der Waals surface area contributed by atoms with Gasteiger partial charge in [-0.25, -0.2) is 0 Å². The first-order valence-corrected chi connectivity index (χ1v) is 11.4. The maximum Gasteiger partial charge on any atom is 0.238 e. The lowest BCUT2D eigenvalue weighted by Crippen LogP contribution is -2.50. The number of carbonyl (C=O) groups excluding carboxylic acids is 3. The number of nitrogens with one attached hydrogen (secondary N) is 1. The maximum absolute atomic E-state index is 12.6. The van der Waals surface area contributed by atoms with E-state index in [2.05, 4.69) is 17.1 Å². The van der Waals surface area contributed by atoms with Crippen molar-refractivity contribution in [2.75, 3.05) is 38.0 Å². The van der Waals surface area contributed by atoms with E-state index >= 15 is 0 Å². The lowest BCUT2D eigenvalue weighted by atomic mass is 10.0. The van der Waals surface area contributed by atoms with Crippen molar-refractivity contribution in [2.24, 2.45) is 0 Å². The number of aryl methyl sites for hydroxylation is 3. The van der Waals surface area contributed by atoms with Crippen molar-refractivity contribution in [3.05, 3.63) is 64.7 Å². The van der Waals surface area contributed by atoms with Crippen LogP contribution in [0.2, 0.25) is 0 Å². The highest BCUT2D eigenvalue weighted by molar-refractivity contribution is 5.98. The Labute approximate surface area is 190 Å². The third-order valence-electron chi connectivity index (χ3n) is 6.09. The van der Waals surface area contributed by atoms with Crippen LogP contribution >= 0.6 is 0 Å². The van der Waals surface area contributed by atoms with Crippen molar-refractivity contribution in [1.29, 1.82) is 0 Å². The zero-order valence-electron chi connectivity index (χ0n) is 19.3. The monoisotopic (exact) mass is 435 g/mol. The summed E-state index contributed by atoms with van der Waals surface area (Å²) in [6.07, 6.45) is 1.39. The van der Waals surface area contributed by atoms with E-state index in [9.17, 15) is 14.4 Å². The standard InChI is InChI=1S/C26H33N3O3/c1-4-21-8-10-22(11-9-21)23(30)12-13-25(32)29-16-14-28(15-17-29)18-24(31)27-26-19(2)6-5-7-20(26)3/h5-11H,4,12-18H2,1-3H3,(H,27,31). The lowest BCUT2D eigenvalue weighted by Gasteiger charge is -2.34. The molecule has 0 saturated carbocycles. The molecule has 2 aromatic rings. The number of carbonyl (C=O) groups is 3. The minimum Gasteiger partial charge on any atom is -0.340 e. The first-order chi connectivity index (χ1) is 15.4. The molecule has 1 heterocycles. The van der Waals surface area contributed by atoms with Gasteiger partial charge in [0, 0.05) is 50.3 Å². The highest BCUT2D eigenvalue weighted by Gasteiger charge is 2.23. The number of anilines is 1. The summed E-state index contributed by atoms with van der Waals surface area (Å²) in [5.74, 6) is -0.0344. The quantitative estimate of drug-likeness (QED) is 0.643. The van der Waals surface area contributed by atoms with Crippen molar-refractivity contribution in [3.8, 4) is 0 Å². The number of ketones is 1. The van der Waals surface area contributed by atoms with Gasteiger partial charge in [-0.3, -0.25) is 19.3 Å². The molecular formula is C26H33N3O3. The minimum atomic E-state index is -0.0399. The Kier molecular flexibility index (Phi) is 8.17. The average Bonchev–Trinajstić information content (AvgIpc) is 2.80. The van der Waals surface area contributed by atoms with Crippen LogP contribution < -0.4 is 5.32 Å². The topological polar surface area (TPSA) is 69.7 Å². The van der Waals surface area contributed by atoms with Gasteiger partial charge in [0.2, 0.25) is 11.8 Å². The SMILES string of the molecule is CCc1ccc(C(=O)CCC(=O)N2CCN(CC(=O)Nc3c(C)cccc3C)CC2)cc1. The Balaban J connectivity index is 1.41. The van der Waals surface area contributed by atoms with Crippen molar-refractivity contribution >= 4 is 23.3 Å². The molecule has 32 heavy (non-hydrogen) atoms. The second-order valence-electron chi connectivity index (χ2n) is 8.45. The Morgan fingerprint density at radius 3 is 2.09 bits per heavy atom. The summed E-state index contributed by atoms with van der Waals surface area (Å²) in [5.41, 5.74) is 4.82. The number of nitrogens with zero attached hydrogens (tertiary/aromatic N) is 2. The highest BCUT2D eigenvalue weighted by atomic mass is 16.2. The zero-order valence-corrected chi connectivity index (χ0v) is 19.3. The number of rotatable bonds is 8. The largest absolute Gasteiger partial charge is 0.340 e. The number of hydrogen-bond donors (Lipinski definition) is 1. The number of piperazine rings is 1. The van der Waals surface area contributed by atoms with Crippen LogP contribution in [0.4, 0.5) is 5.69 Å². The summed E-state index contributed by atoms with van der Waals surface area (Å²) in [4.78, 5) is 41.3. The molecule has 1 saturated heterocycles. The second kappa shape index (κ2) is 11.0. The van der Waals surface area contributed by atoms with Gasteiger partial charge in [-0.05, 0) is 37.0 Å². The van der Waals surface area contributed by atoms with Crippen molar-refractivity contribution < 1.29 is 14.4 Å². The highest BCUT2D eigenvalue weighted by Crippen LogP contribution is 2.19. The summed E-state index contributed by atoms with van der Waals surface area (Å²) in [7, 11) is 0. The Morgan fingerprint density at radius 1 is 0.875 bits per heavy atom. The van der Waals surface area contributed by atoms with E-state index in [0.29, 0.717) is 38.3 Å². The molecule has 2 amide bonds. The fourth-order valence-corrected chi connectivity index (χ4v) is 4.00. The van der Waals surface area contributed by atoms with Gasteiger partial charge in [-0.1, -0.05) is 49.4 Å². The van der Waals surface area contributed by atoms with Gasteiger partial charge in [0.25, 0.3) is 0 Å². The van der Waals surface area contributed by atoms with E-state index in [1.54, 1.807) is 4.90 Å². The Bertz CT molecular complexity index is 941. The van der Waals surface area contributed by atoms with Gasteiger partial charge in [-0.2, -0.15) is 0 Å². The molecule has 0 radical (unpaired) electrons. The van der Waals surface area contributed by atoms with E-state index in [0.717, 1.165) is 23.2 Å². The van der Waals surface area contributed by atoms with Crippen LogP contribution in [0.1, 0.15) is 46.8 Å². The van der Waals surface area contributed by atoms with Gasteiger partial charge in [0.1, 0.15) is 0 Å². The number of para-hydroxylation sites is 1. The van der Waals surface area contributed by atoms with Gasteiger partial charge >= 0.3 is 0 Å². The first kappa shape index (κ1) is 23.7. The van der Waals surface area contributed by atoms with Gasteiger partial charge in [0.05, 0.1) is 6.54 Å². The molecule has 6 heteroatoms. The van der Waals surface area contributed by atoms with Crippen LogP contribution in [0.3, 0.4) is 0 Å². The molecule has 6 nitrogen and oxygen atoms in total. The van der Waals surface area contributed by atoms with E-state index in [1.165, 1.54) is 5.56 Å². The van der Waals surface area contributed by atoms with E-state index < -0.39 is 0 Å². The normalized spacial score (nSPS) is 14.3. The van der Waals surface area contributed by atoms with Crippen molar-refractivity contribution in [2.45, 2.75) is 40.0 Å². The van der Waals surface area contributed by atoms with Gasteiger partial charge in [-0.15, -0.1) is 0 Å². The molecule has 170 valence electrons. The summed E-state index contributed by atoms with van der Waals surface area (Å²) in [5, 5.41) is 3.02. The van der Waals surface area contributed by atoms with Crippen LogP contribution in [0.25, 0.3) is 0 Å². The van der Waals surface area contributed by atoms with Crippen LogP contribution in [0.15, 0.2) is 42.5 Å². The van der Waals surface area contributed by atoms with Crippen molar-refractivity contribution in [3.63, 3.8) is 0 Å². The first-order valence-electron chi connectivity index (χ1n) is 11.4. The zero-order chi connectivity index (χ0) is 23.1. The van der Waals surface area contributed by atoms with Crippen LogP contribution in [0, 0.1) is 13.8 Å². The molecule has 1 N–H and O–H groups in total. The van der Waals surface area contributed by atoms with Gasteiger partial charge in [0.15, 0.2) is 5.78 Å². The average molecular weight is 436 g/mol. The summed E-state index contributed by atoms with van der Waals surface area (Å²) >= 11 is 0. The third kappa shape index (κ3) is 6.26. The number of benzene rings is 2. The summed E-state index contributed by atoms with van der Waals surface area (Å²) < 4.78 is 0. The second-order valence-corrected chi connectivity index (χ2v) is 8.45. The summed E-state index contributed by atoms with van der Waals surface area (Å²) in [6.45, 7) is 8.81. The fourth-order valence-electron chi connectivity index (χ4n) is 4.00. The predicted octanol–water partition coefficient (Wildman–Crippen LogP) is 3.61. The van der Waals surface area contributed by atoms with E-state index in [4.69, 9.17) is 0 Å². The maximum atomic E-state index is 12.6. The van der Waals surface area contributed by atoms with Crippen LogP contribution in [-0.2, 0) is 16.0 Å². The molecule has 3 rings (SSSR count). The molecule has 0 aliphatic carbocycles. The van der Waals surface area contributed by atoms with Crippen molar-refractivity contribution in [1.82, 2.24) is 9.80 Å². The summed E-state index contributed by atoms with van der Waals surface area (Å²) in [6, 6.07) is 13.6. The molecule has 1 fully saturated rings. The van der Waals surface area contributed by atoms with Crippen LogP contribution in [0.5, 0.6) is 0 Å². The smallest absolute Gasteiger partial charge is 0.238 e. The van der Waals surface area contributed by atoms with Crippen LogP contribution in [-0.4, -0.2) is 60.1 Å². The molecule has 1 aliphatic heterocycles. The molecule has 2 aromatic carbocycles. The molecule has 1 aliphatic rings. The Hall–Kier alpha value is -2.99. The van der Waals surface area contributed by atoms with Gasteiger partial charge < -0.3 is 10.2 Å². The molecular weight excluding hydrogens is 402 g/mol. The molecule has 0 unspecified atom stereocenters. The molecule has 0 atom stereocenters. The number of hydrogen-bond acceptors (Lipinski definition) is 4. The lowest BCUT2D eigenvalue weighted by molar-refractivity contribution is -0.133. The predicted molar refractivity (Wildman–Crippen MR) is 127 cm³/mol.